The lowest BCUT2D eigenvalue weighted by Crippen LogP contribution is -2.48. The van der Waals surface area contributed by atoms with Crippen molar-refractivity contribution in [2.24, 2.45) is 0 Å². The molecule has 2 aromatic carbocycles. The Morgan fingerprint density at radius 2 is 1.75 bits per heavy atom. The molecule has 1 amide bonds. The minimum Gasteiger partial charge on any atom is -0.340 e. The zero-order valence-corrected chi connectivity index (χ0v) is 15.0. The smallest absolute Gasteiger partial charge is 0.227 e. The number of carbonyl (C=O) groups excluding carboxylic acids is 1. The Hall–Kier alpha value is -1.72. The van der Waals surface area contributed by atoms with E-state index in [-0.39, 0.29) is 18.1 Å². The molecule has 1 aliphatic heterocycles. The molecule has 2 aromatic rings. The lowest BCUT2D eigenvalue weighted by Gasteiger charge is -2.34. The zero-order valence-electron chi connectivity index (χ0n) is 13.4. The fourth-order valence-electron chi connectivity index (χ4n) is 2.95. The molecule has 0 aromatic heterocycles. The number of carbonyl (C=O) groups is 1. The van der Waals surface area contributed by atoms with Crippen molar-refractivity contribution in [2.75, 3.05) is 26.2 Å². The molecule has 5 heteroatoms. The molecule has 0 N–H and O–H groups in total. The molecule has 0 saturated carbocycles. The number of hydrogen-bond donors (Lipinski definition) is 0. The normalized spacial score (nSPS) is 15.5. The maximum Gasteiger partial charge on any atom is 0.227 e. The van der Waals surface area contributed by atoms with Crippen molar-refractivity contribution in [1.29, 1.82) is 0 Å². The standard InChI is InChI=1S/C19H20BrFN2O/c20-17-6-7-18(21)16(12-17)13-19(24)23-10-8-22(9-11-23)14-15-4-2-1-3-5-15/h1-7,12H,8-11,13-14H2. The number of piperazine rings is 1. The van der Waals surface area contributed by atoms with Crippen LogP contribution in [-0.2, 0) is 17.8 Å². The summed E-state index contributed by atoms with van der Waals surface area (Å²) in [7, 11) is 0. The van der Waals surface area contributed by atoms with Crippen LogP contribution >= 0.6 is 15.9 Å². The maximum absolute atomic E-state index is 13.8. The molecule has 0 bridgehead atoms. The van der Waals surface area contributed by atoms with Gasteiger partial charge in [-0.15, -0.1) is 0 Å². The fraction of sp³-hybridized carbons (Fsp3) is 0.316. The van der Waals surface area contributed by atoms with E-state index in [2.05, 4.69) is 33.0 Å². The predicted molar refractivity (Wildman–Crippen MR) is 96.1 cm³/mol. The van der Waals surface area contributed by atoms with Crippen molar-refractivity contribution < 1.29 is 9.18 Å². The van der Waals surface area contributed by atoms with Crippen LogP contribution in [0.25, 0.3) is 0 Å². The first-order valence-electron chi connectivity index (χ1n) is 8.10. The summed E-state index contributed by atoms with van der Waals surface area (Å²) in [6, 6.07) is 15.1. The molecule has 0 unspecified atom stereocenters. The summed E-state index contributed by atoms with van der Waals surface area (Å²) in [4.78, 5) is 16.6. The van der Waals surface area contributed by atoms with Crippen molar-refractivity contribution in [3.8, 4) is 0 Å². The number of halogens is 2. The van der Waals surface area contributed by atoms with Gasteiger partial charge in [0, 0.05) is 37.2 Å². The van der Waals surface area contributed by atoms with E-state index < -0.39 is 0 Å². The summed E-state index contributed by atoms with van der Waals surface area (Å²) in [5.74, 6) is -0.333. The third-order valence-corrected chi connectivity index (χ3v) is 4.82. The first-order chi connectivity index (χ1) is 11.6. The van der Waals surface area contributed by atoms with Crippen LogP contribution in [0.2, 0.25) is 0 Å². The van der Waals surface area contributed by atoms with Gasteiger partial charge in [-0.2, -0.15) is 0 Å². The van der Waals surface area contributed by atoms with E-state index in [1.807, 2.05) is 23.1 Å². The molecule has 0 spiro atoms. The molecular formula is C19H20BrFN2O. The van der Waals surface area contributed by atoms with E-state index >= 15 is 0 Å². The van der Waals surface area contributed by atoms with Crippen molar-refractivity contribution in [3.05, 3.63) is 69.9 Å². The average molecular weight is 391 g/mol. The summed E-state index contributed by atoms with van der Waals surface area (Å²) in [6.07, 6.45) is 0.115. The van der Waals surface area contributed by atoms with Gasteiger partial charge in [-0.1, -0.05) is 46.3 Å². The van der Waals surface area contributed by atoms with Crippen LogP contribution in [0.3, 0.4) is 0 Å². The minimum atomic E-state index is -0.325. The van der Waals surface area contributed by atoms with Crippen LogP contribution in [-0.4, -0.2) is 41.9 Å². The molecular weight excluding hydrogens is 371 g/mol. The van der Waals surface area contributed by atoms with Gasteiger partial charge >= 0.3 is 0 Å². The second-order valence-electron chi connectivity index (χ2n) is 6.06. The molecule has 0 atom stereocenters. The molecule has 3 nitrogen and oxygen atoms in total. The molecule has 126 valence electrons. The Bertz CT molecular complexity index is 700. The second-order valence-corrected chi connectivity index (χ2v) is 6.97. The summed E-state index contributed by atoms with van der Waals surface area (Å²) in [5.41, 5.74) is 1.73. The fourth-order valence-corrected chi connectivity index (χ4v) is 3.36. The summed E-state index contributed by atoms with van der Waals surface area (Å²) in [6.45, 7) is 3.99. The largest absolute Gasteiger partial charge is 0.340 e. The number of nitrogens with zero attached hydrogens (tertiary/aromatic N) is 2. The molecule has 1 saturated heterocycles. The molecule has 1 fully saturated rings. The van der Waals surface area contributed by atoms with Crippen LogP contribution in [0.15, 0.2) is 53.0 Å². The molecule has 1 aliphatic rings. The molecule has 3 rings (SSSR count). The van der Waals surface area contributed by atoms with Gasteiger partial charge in [0.05, 0.1) is 6.42 Å². The number of benzene rings is 2. The third-order valence-electron chi connectivity index (χ3n) is 4.32. The Morgan fingerprint density at radius 3 is 2.46 bits per heavy atom. The summed E-state index contributed by atoms with van der Waals surface area (Å²) < 4.78 is 14.6. The first-order valence-corrected chi connectivity index (χ1v) is 8.89. The van der Waals surface area contributed by atoms with Gasteiger partial charge in [-0.3, -0.25) is 9.69 Å². The van der Waals surface area contributed by atoms with Gasteiger partial charge in [0.2, 0.25) is 5.91 Å². The van der Waals surface area contributed by atoms with Crippen LogP contribution in [0.4, 0.5) is 4.39 Å². The van der Waals surface area contributed by atoms with Gasteiger partial charge < -0.3 is 4.90 Å². The minimum absolute atomic E-state index is 0.00800. The third kappa shape index (κ3) is 4.42. The highest BCUT2D eigenvalue weighted by Crippen LogP contribution is 2.17. The van der Waals surface area contributed by atoms with Gasteiger partial charge in [0.25, 0.3) is 0 Å². The summed E-state index contributed by atoms with van der Waals surface area (Å²) in [5, 5.41) is 0. The van der Waals surface area contributed by atoms with Gasteiger partial charge in [-0.05, 0) is 29.3 Å². The van der Waals surface area contributed by atoms with Crippen molar-refractivity contribution in [3.63, 3.8) is 0 Å². The van der Waals surface area contributed by atoms with E-state index in [1.165, 1.54) is 11.6 Å². The first kappa shape index (κ1) is 17.1. The van der Waals surface area contributed by atoms with Crippen molar-refractivity contribution in [2.45, 2.75) is 13.0 Å². The highest BCUT2D eigenvalue weighted by atomic mass is 79.9. The Balaban J connectivity index is 1.52. The number of hydrogen-bond acceptors (Lipinski definition) is 2. The lowest BCUT2D eigenvalue weighted by molar-refractivity contribution is -0.132. The van der Waals surface area contributed by atoms with Crippen molar-refractivity contribution in [1.82, 2.24) is 9.80 Å². The quantitative estimate of drug-likeness (QED) is 0.797. The van der Waals surface area contributed by atoms with E-state index in [4.69, 9.17) is 0 Å². The SMILES string of the molecule is O=C(Cc1cc(Br)ccc1F)N1CCN(Cc2ccccc2)CC1. The molecule has 24 heavy (non-hydrogen) atoms. The average Bonchev–Trinajstić information content (AvgIpc) is 2.60. The van der Waals surface area contributed by atoms with Crippen LogP contribution in [0.1, 0.15) is 11.1 Å². The topological polar surface area (TPSA) is 23.6 Å². The van der Waals surface area contributed by atoms with Crippen LogP contribution in [0.5, 0.6) is 0 Å². The van der Waals surface area contributed by atoms with Gasteiger partial charge in [0.15, 0.2) is 0 Å². The van der Waals surface area contributed by atoms with E-state index in [0.29, 0.717) is 18.7 Å². The van der Waals surface area contributed by atoms with E-state index in [1.54, 1.807) is 12.1 Å². The second kappa shape index (κ2) is 7.90. The van der Waals surface area contributed by atoms with Gasteiger partial charge in [-0.25, -0.2) is 4.39 Å². The Kier molecular flexibility index (Phi) is 5.63. The summed E-state index contributed by atoms with van der Waals surface area (Å²) >= 11 is 3.32. The predicted octanol–water partition coefficient (Wildman–Crippen LogP) is 3.48. The van der Waals surface area contributed by atoms with E-state index in [9.17, 15) is 9.18 Å². The molecule has 0 aliphatic carbocycles. The number of amides is 1. The lowest BCUT2D eigenvalue weighted by atomic mass is 10.1. The Labute approximate surface area is 150 Å². The van der Waals surface area contributed by atoms with Crippen molar-refractivity contribution >= 4 is 21.8 Å². The number of rotatable bonds is 4. The molecule has 1 heterocycles. The Morgan fingerprint density at radius 1 is 1.04 bits per heavy atom. The monoisotopic (exact) mass is 390 g/mol. The maximum atomic E-state index is 13.8. The van der Waals surface area contributed by atoms with Crippen LogP contribution < -0.4 is 0 Å². The van der Waals surface area contributed by atoms with E-state index in [0.717, 1.165) is 24.1 Å². The molecule has 0 radical (unpaired) electrons. The zero-order chi connectivity index (χ0) is 16.9. The van der Waals surface area contributed by atoms with Crippen LogP contribution in [0, 0.1) is 5.82 Å². The highest BCUT2D eigenvalue weighted by Gasteiger charge is 2.22. The highest BCUT2D eigenvalue weighted by molar-refractivity contribution is 9.10. The van der Waals surface area contributed by atoms with Gasteiger partial charge in [0.1, 0.15) is 5.82 Å².